The first kappa shape index (κ1) is 25.8. The largest absolute Gasteiger partial charge is 0.493 e. The van der Waals surface area contributed by atoms with Gasteiger partial charge >= 0.3 is 5.97 Å². The summed E-state index contributed by atoms with van der Waals surface area (Å²) in [6.07, 6.45) is 7.51. The van der Waals surface area contributed by atoms with Crippen LogP contribution in [0.4, 0.5) is 0 Å². The highest BCUT2D eigenvalue weighted by atomic mass is 16.5. The van der Waals surface area contributed by atoms with E-state index in [0.717, 1.165) is 17.3 Å². The van der Waals surface area contributed by atoms with E-state index in [9.17, 15) is 9.59 Å². The first-order chi connectivity index (χ1) is 17.4. The average Bonchev–Trinajstić information content (AvgIpc) is 2.91. The molecule has 0 spiro atoms. The van der Waals surface area contributed by atoms with Crippen LogP contribution in [0.5, 0.6) is 11.5 Å². The minimum absolute atomic E-state index is 0.0905. The fourth-order valence-corrected chi connectivity index (χ4v) is 5.73. The summed E-state index contributed by atoms with van der Waals surface area (Å²) in [5.41, 5.74) is 1.24. The van der Waals surface area contributed by atoms with Crippen molar-refractivity contribution in [3.05, 3.63) is 65.4 Å². The maximum Gasteiger partial charge on any atom is 0.354 e. The Bertz CT molecular complexity index is 1100. The van der Waals surface area contributed by atoms with Crippen molar-refractivity contribution < 1.29 is 28.3 Å². The van der Waals surface area contributed by atoms with Gasteiger partial charge in [0.25, 0.3) is 5.91 Å². The SMILES string of the molecule is COc1ccc(/C=C(/NC(=O)c2ccccc2)C(=O)OC[C@@H]2CCC[N@+]3(C)CCCC[C@@H]23)cc1OC. The van der Waals surface area contributed by atoms with Gasteiger partial charge in [0, 0.05) is 17.9 Å². The van der Waals surface area contributed by atoms with Crippen LogP contribution in [0.2, 0.25) is 0 Å². The van der Waals surface area contributed by atoms with Crippen LogP contribution >= 0.6 is 0 Å². The van der Waals surface area contributed by atoms with Crippen molar-refractivity contribution >= 4 is 18.0 Å². The van der Waals surface area contributed by atoms with E-state index in [2.05, 4.69) is 12.4 Å². The van der Waals surface area contributed by atoms with E-state index < -0.39 is 5.97 Å². The second kappa shape index (κ2) is 11.6. The van der Waals surface area contributed by atoms with Crippen LogP contribution in [-0.2, 0) is 9.53 Å². The van der Waals surface area contributed by atoms with Gasteiger partial charge in [-0.05, 0) is 61.6 Å². The van der Waals surface area contributed by atoms with Crippen molar-refractivity contribution in [3.8, 4) is 11.5 Å². The van der Waals surface area contributed by atoms with Gasteiger partial charge in [0.15, 0.2) is 11.5 Å². The number of piperidine rings is 2. The van der Waals surface area contributed by atoms with Crippen LogP contribution in [0.25, 0.3) is 6.08 Å². The maximum absolute atomic E-state index is 13.3. The van der Waals surface area contributed by atoms with Crippen LogP contribution in [0.15, 0.2) is 54.2 Å². The van der Waals surface area contributed by atoms with E-state index in [0.29, 0.717) is 41.2 Å². The second-order valence-electron chi connectivity index (χ2n) is 9.98. The van der Waals surface area contributed by atoms with Crippen molar-refractivity contribution in [2.24, 2.45) is 5.92 Å². The first-order valence-electron chi connectivity index (χ1n) is 12.7. The third kappa shape index (κ3) is 5.90. The molecule has 1 amide bonds. The Morgan fingerprint density at radius 2 is 1.72 bits per heavy atom. The molecule has 192 valence electrons. The minimum Gasteiger partial charge on any atom is -0.493 e. The van der Waals surface area contributed by atoms with E-state index in [1.165, 1.54) is 32.4 Å². The van der Waals surface area contributed by atoms with Gasteiger partial charge in [-0.15, -0.1) is 0 Å². The summed E-state index contributed by atoms with van der Waals surface area (Å²) >= 11 is 0. The molecule has 2 fully saturated rings. The molecule has 2 saturated heterocycles. The molecule has 0 saturated carbocycles. The third-order valence-electron chi connectivity index (χ3n) is 7.66. The van der Waals surface area contributed by atoms with Gasteiger partial charge in [0.05, 0.1) is 40.4 Å². The molecule has 7 heteroatoms. The number of hydrogen-bond acceptors (Lipinski definition) is 5. The van der Waals surface area contributed by atoms with Gasteiger partial charge < -0.3 is 24.0 Å². The molecule has 2 aromatic carbocycles. The molecule has 2 aliphatic heterocycles. The Balaban J connectivity index is 1.54. The van der Waals surface area contributed by atoms with Crippen molar-refractivity contribution in [1.29, 1.82) is 0 Å². The van der Waals surface area contributed by atoms with Crippen molar-refractivity contribution in [2.75, 3.05) is 41.0 Å². The molecular weight excluding hydrogens is 456 g/mol. The average molecular weight is 494 g/mol. The monoisotopic (exact) mass is 493 g/mol. The van der Waals surface area contributed by atoms with Crippen LogP contribution in [0.3, 0.4) is 0 Å². The van der Waals surface area contributed by atoms with Crippen LogP contribution < -0.4 is 14.8 Å². The van der Waals surface area contributed by atoms with E-state index >= 15 is 0 Å². The third-order valence-corrected chi connectivity index (χ3v) is 7.66. The Morgan fingerprint density at radius 1 is 0.972 bits per heavy atom. The molecule has 2 aliphatic rings. The molecule has 36 heavy (non-hydrogen) atoms. The van der Waals surface area contributed by atoms with Gasteiger partial charge in [-0.25, -0.2) is 4.79 Å². The lowest BCUT2D eigenvalue weighted by molar-refractivity contribution is -0.947. The molecule has 0 unspecified atom stereocenters. The number of fused-ring (bicyclic) bond motifs is 1. The Morgan fingerprint density at radius 3 is 2.47 bits per heavy atom. The van der Waals surface area contributed by atoms with Crippen LogP contribution in [0, 0.1) is 5.92 Å². The molecule has 4 rings (SSSR count). The second-order valence-corrected chi connectivity index (χ2v) is 9.98. The predicted octanol–water partition coefficient (Wildman–Crippen LogP) is 4.43. The quantitative estimate of drug-likeness (QED) is 0.335. The van der Waals surface area contributed by atoms with E-state index in [4.69, 9.17) is 14.2 Å². The molecule has 0 aliphatic carbocycles. The number of nitrogens with zero attached hydrogens (tertiary/aromatic N) is 1. The van der Waals surface area contributed by atoms with Gasteiger partial charge in [0.2, 0.25) is 0 Å². The number of carbonyl (C=O) groups excluding carboxylic acids is 2. The Hall–Kier alpha value is -3.32. The van der Waals surface area contributed by atoms with Gasteiger partial charge in [-0.2, -0.15) is 0 Å². The number of hydrogen-bond donors (Lipinski definition) is 1. The number of ether oxygens (including phenoxy) is 3. The van der Waals surface area contributed by atoms with Crippen molar-refractivity contribution in [2.45, 2.75) is 38.1 Å². The zero-order valence-corrected chi connectivity index (χ0v) is 21.5. The summed E-state index contributed by atoms with van der Waals surface area (Å²) in [7, 11) is 5.47. The van der Waals surface area contributed by atoms with Gasteiger partial charge in [-0.3, -0.25) is 4.79 Å². The summed E-state index contributed by atoms with van der Waals surface area (Å²) in [4.78, 5) is 26.2. The zero-order valence-electron chi connectivity index (χ0n) is 21.5. The lowest BCUT2D eigenvalue weighted by Crippen LogP contribution is -2.61. The number of rotatable bonds is 8. The molecule has 0 bridgehead atoms. The van der Waals surface area contributed by atoms with Crippen molar-refractivity contribution in [1.82, 2.24) is 5.32 Å². The summed E-state index contributed by atoms with van der Waals surface area (Å²) < 4.78 is 17.7. The highest BCUT2D eigenvalue weighted by Gasteiger charge is 2.44. The Kier molecular flexibility index (Phi) is 8.31. The van der Waals surface area contributed by atoms with Crippen LogP contribution in [-0.4, -0.2) is 63.4 Å². The minimum atomic E-state index is -0.537. The molecular formula is C29H37N2O5+. The maximum atomic E-state index is 13.3. The number of benzene rings is 2. The highest BCUT2D eigenvalue weighted by Crippen LogP contribution is 2.36. The molecule has 0 radical (unpaired) electrons. The molecule has 7 nitrogen and oxygen atoms in total. The molecule has 1 N–H and O–H groups in total. The normalized spacial score (nSPS) is 23.8. The fraction of sp³-hybridized carbons (Fsp3) is 0.448. The van der Waals surface area contributed by atoms with E-state index in [-0.39, 0.29) is 11.6 Å². The first-order valence-corrected chi connectivity index (χ1v) is 12.7. The summed E-state index contributed by atoms with van der Waals surface area (Å²) in [5, 5.41) is 2.77. The molecule has 2 aromatic rings. The van der Waals surface area contributed by atoms with Gasteiger partial charge in [0.1, 0.15) is 12.3 Å². The number of methoxy groups -OCH3 is 2. The Labute approximate surface area is 213 Å². The van der Waals surface area contributed by atoms with Crippen LogP contribution in [0.1, 0.15) is 48.0 Å². The molecule has 0 aromatic heterocycles. The van der Waals surface area contributed by atoms with E-state index in [1.54, 1.807) is 62.8 Å². The number of esters is 1. The highest BCUT2D eigenvalue weighted by molar-refractivity contribution is 6.03. The smallest absolute Gasteiger partial charge is 0.354 e. The van der Waals surface area contributed by atoms with Crippen molar-refractivity contribution in [3.63, 3.8) is 0 Å². The number of quaternary nitrogens is 1. The summed E-state index contributed by atoms with van der Waals surface area (Å²) in [6.45, 7) is 2.77. The summed E-state index contributed by atoms with van der Waals surface area (Å²) in [6, 6.07) is 14.7. The lowest BCUT2D eigenvalue weighted by Gasteiger charge is -2.51. The topological polar surface area (TPSA) is 73.9 Å². The standard InChI is InChI=1S/C29H36N2O5/c1-31-16-8-7-13-25(31)23(12-9-17-31)20-36-29(33)24(30-28(32)22-10-5-4-6-11-22)18-21-14-15-26(34-2)27(19-21)35-3/h4-6,10-11,14-15,18-19,23,25H,7-9,12-13,16-17,20H2,1-3H3/p+1/b24-18+/t23-,25-,31-/m0/s1. The van der Waals surface area contributed by atoms with E-state index in [1.807, 2.05) is 6.07 Å². The fourth-order valence-electron chi connectivity index (χ4n) is 5.73. The number of nitrogens with one attached hydrogen (secondary N) is 1. The van der Waals surface area contributed by atoms with Gasteiger partial charge in [-0.1, -0.05) is 24.3 Å². The number of amides is 1. The zero-order chi connectivity index (χ0) is 25.5. The number of carbonyl (C=O) groups is 2. The summed E-state index contributed by atoms with van der Waals surface area (Å²) in [5.74, 6) is 0.543. The lowest BCUT2D eigenvalue weighted by atomic mass is 9.82. The molecule has 2 heterocycles. The molecule has 3 atom stereocenters. The predicted molar refractivity (Wildman–Crippen MR) is 139 cm³/mol.